The van der Waals surface area contributed by atoms with Crippen LogP contribution in [0.3, 0.4) is 0 Å². The van der Waals surface area contributed by atoms with Crippen molar-refractivity contribution in [3.05, 3.63) is 48.2 Å². The van der Waals surface area contributed by atoms with E-state index in [1.165, 1.54) is 0 Å². The highest BCUT2D eigenvalue weighted by atomic mass is 16.6. The van der Waals surface area contributed by atoms with Crippen molar-refractivity contribution in [3.63, 3.8) is 0 Å². The minimum atomic E-state index is -0.570. The summed E-state index contributed by atoms with van der Waals surface area (Å²) < 4.78 is 11.1. The van der Waals surface area contributed by atoms with Crippen molar-refractivity contribution in [2.75, 3.05) is 50.1 Å². The summed E-state index contributed by atoms with van der Waals surface area (Å²) in [6.45, 7) is 14.1. The van der Waals surface area contributed by atoms with Crippen LogP contribution in [0.2, 0.25) is 0 Å². The number of nitrogens with one attached hydrogen (secondary N) is 1. The topological polar surface area (TPSA) is 87.2 Å². The standard InChI is InChI=1S/C29H41N5O4/c1-20-15-32(22(18-37-7)16-33(20)27(36)38-28(2,3)4)17-26(35)34-19-29(5,6)23-14-30-25(13-24(23)34)31-21-11-9-8-10-12-21/h8-14,20,22H,15-19H2,1-7H3,(H,30,31)/t20-,22-/m1/s1. The number of carbonyl (C=O) groups is 2. The van der Waals surface area contributed by atoms with Gasteiger partial charge in [-0.05, 0) is 39.8 Å². The molecule has 9 nitrogen and oxygen atoms in total. The summed E-state index contributed by atoms with van der Waals surface area (Å²) in [6.07, 6.45) is 1.54. The molecule has 0 saturated carbocycles. The molecule has 2 aliphatic rings. The van der Waals surface area contributed by atoms with Crippen LogP contribution < -0.4 is 10.2 Å². The number of nitrogens with zero attached hydrogens (tertiary/aromatic N) is 4. The molecule has 3 heterocycles. The average Bonchev–Trinajstić information content (AvgIpc) is 3.10. The molecule has 0 spiro atoms. The minimum absolute atomic E-state index is 0.0210. The van der Waals surface area contributed by atoms with Gasteiger partial charge in [-0.3, -0.25) is 9.69 Å². The smallest absolute Gasteiger partial charge is 0.410 e. The second-order valence-corrected chi connectivity index (χ2v) is 12.0. The molecule has 1 N–H and O–H groups in total. The van der Waals surface area contributed by atoms with E-state index in [2.05, 4.69) is 29.0 Å². The number of piperazine rings is 1. The molecule has 0 aliphatic carbocycles. The molecule has 9 heteroatoms. The number of aromatic nitrogens is 1. The highest BCUT2D eigenvalue weighted by molar-refractivity contribution is 5.98. The SMILES string of the molecule is COC[C@H]1CN(C(=O)OC(C)(C)C)[C@H](C)CN1CC(=O)N1CC(C)(C)c2cnc(Nc3ccccc3)cc21. The van der Waals surface area contributed by atoms with Crippen molar-refractivity contribution in [1.82, 2.24) is 14.8 Å². The number of anilines is 3. The van der Waals surface area contributed by atoms with Gasteiger partial charge in [0.1, 0.15) is 11.4 Å². The Morgan fingerprint density at radius 3 is 2.53 bits per heavy atom. The fraction of sp³-hybridized carbons (Fsp3) is 0.552. The quantitative estimate of drug-likeness (QED) is 0.600. The Balaban J connectivity index is 1.51. The molecular formula is C29H41N5O4. The van der Waals surface area contributed by atoms with E-state index in [4.69, 9.17) is 9.47 Å². The van der Waals surface area contributed by atoms with Gasteiger partial charge in [0.15, 0.2) is 0 Å². The number of carbonyl (C=O) groups excluding carboxylic acids is 2. The lowest BCUT2D eigenvalue weighted by molar-refractivity contribution is -0.121. The molecule has 1 fully saturated rings. The van der Waals surface area contributed by atoms with Crippen molar-refractivity contribution in [3.8, 4) is 0 Å². The first-order valence-corrected chi connectivity index (χ1v) is 13.2. The van der Waals surface area contributed by atoms with Gasteiger partial charge < -0.3 is 24.6 Å². The van der Waals surface area contributed by atoms with Crippen LogP contribution in [0.1, 0.15) is 47.1 Å². The third-order valence-electron chi connectivity index (χ3n) is 7.08. The van der Waals surface area contributed by atoms with Crippen molar-refractivity contribution in [2.45, 2.75) is 64.6 Å². The summed E-state index contributed by atoms with van der Waals surface area (Å²) in [5.74, 6) is 0.718. The third-order valence-corrected chi connectivity index (χ3v) is 7.08. The molecular weight excluding hydrogens is 482 g/mol. The highest BCUT2D eigenvalue weighted by Gasteiger charge is 2.41. The van der Waals surface area contributed by atoms with E-state index >= 15 is 0 Å². The fourth-order valence-corrected chi connectivity index (χ4v) is 5.20. The normalized spacial score (nSPS) is 21.2. The Morgan fingerprint density at radius 2 is 1.87 bits per heavy atom. The summed E-state index contributed by atoms with van der Waals surface area (Å²) in [7, 11) is 1.64. The van der Waals surface area contributed by atoms with E-state index in [0.29, 0.717) is 32.1 Å². The number of methoxy groups -OCH3 is 1. The Morgan fingerprint density at radius 1 is 1.16 bits per heavy atom. The van der Waals surface area contributed by atoms with Gasteiger partial charge in [-0.1, -0.05) is 32.0 Å². The molecule has 1 aromatic carbocycles. The van der Waals surface area contributed by atoms with Crippen LogP contribution in [0, 0.1) is 0 Å². The summed E-state index contributed by atoms with van der Waals surface area (Å²) in [4.78, 5) is 37.0. The van der Waals surface area contributed by atoms with E-state index in [-0.39, 0.29) is 36.0 Å². The third kappa shape index (κ3) is 6.27. The number of hydrogen-bond donors (Lipinski definition) is 1. The molecule has 1 aromatic heterocycles. The molecule has 0 bridgehead atoms. The summed E-state index contributed by atoms with van der Waals surface area (Å²) in [5, 5.41) is 3.34. The van der Waals surface area contributed by atoms with Crippen molar-refractivity contribution < 1.29 is 19.1 Å². The number of pyridine rings is 1. The Bertz CT molecular complexity index is 1150. The van der Waals surface area contributed by atoms with Gasteiger partial charge in [0.25, 0.3) is 0 Å². The maximum atomic E-state index is 13.8. The Hall–Kier alpha value is -3.17. The van der Waals surface area contributed by atoms with Crippen LogP contribution in [0.25, 0.3) is 0 Å². The maximum Gasteiger partial charge on any atom is 0.410 e. The number of rotatable bonds is 6. The molecule has 2 atom stereocenters. The summed E-state index contributed by atoms with van der Waals surface area (Å²) in [6, 6.07) is 11.6. The second-order valence-electron chi connectivity index (χ2n) is 12.0. The van der Waals surface area contributed by atoms with Gasteiger partial charge in [0, 0.05) is 61.7 Å². The fourth-order valence-electron chi connectivity index (χ4n) is 5.20. The zero-order valence-electron chi connectivity index (χ0n) is 23.7. The number of para-hydroxylation sites is 1. The molecule has 2 aliphatic heterocycles. The average molecular weight is 524 g/mol. The predicted octanol–water partition coefficient (Wildman–Crippen LogP) is 4.41. The first-order valence-electron chi connectivity index (χ1n) is 13.2. The van der Waals surface area contributed by atoms with E-state index in [1.807, 2.05) is 75.2 Å². The van der Waals surface area contributed by atoms with Crippen molar-refractivity contribution in [1.29, 1.82) is 0 Å². The number of hydrogen-bond acceptors (Lipinski definition) is 7. The minimum Gasteiger partial charge on any atom is -0.444 e. The monoisotopic (exact) mass is 523 g/mol. The maximum absolute atomic E-state index is 13.8. The van der Waals surface area contributed by atoms with Gasteiger partial charge in [0.05, 0.1) is 24.9 Å². The predicted molar refractivity (Wildman–Crippen MR) is 149 cm³/mol. The number of benzene rings is 1. The largest absolute Gasteiger partial charge is 0.444 e. The summed E-state index contributed by atoms with van der Waals surface area (Å²) >= 11 is 0. The van der Waals surface area contributed by atoms with Crippen LogP contribution in [-0.4, -0.2) is 84.4 Å². The van der Waals surface area contributed by atoms with E-state index in [0.717, 1.165) is 16.9 Å². The number of fused-ring (bicyclic) bond motifs is 1. The van der Waals surface area contributed by atoms with Crippen molar-refractivity contribution >= 4 is 29.2 Å². The van der Waals surface area contributed by atoms with Crippen LogP contribution in [-0.2, 0) is 19.7 Å². The van der Waals surface area contributed by atoms with Gasteiger partial charge in [0.2, 0.25) is 5.91 Å². The molecule has 0 unspecified atom stereocenters. The molecule has 38 heavy (non-hydrogen) atoms. The molecule has 1 saturated heterocycles. The molecule has 206 valence electrons. The van der Waals surface area contributed by atoms with E-state index in [1.54, 1.807) is 12.0 Å². The van der Waals surface area contributed by atoms with Gasteiger partial charge in [-0.2, -0.15) is 0 Å². The van der Waals surface area contributed by atoms with E-state index < -0.39 is 5.60 Å². The van der Waals surface area contributed by atoms with Crippen LogP contribution in [0.15, 0.2) is 42.6 Å². The van der Waals surface area contributed by atoms with Crippen molar-refractivity contribution in [2.24, 2.45) is 0 Å². The lowest BCUT2D eigenvalue weighted by Gasteiger charge is -2.45. The van der Waals surface area contributed by atoms with Crippen LogP contribution in [0.5, 0.6) is 0 Å². The van der Waals surface area contributed by atoms with Gasteiger partial charge in [-0.15, -0.1) is 0 Å². The van der Waals surface area contributed by atoms with Gasteiger partial charge in [-0.25, -0.2) is 9.78 Å². The first-order chi connectivity index (χ1) is 17.9. The molecule has 4 rings (SSSR count). The van der Waals surface area contributed by atoms with Crippen LogP contribution in [0.4, 0.5) is 22.0 Å². The lowest BCUT2D eigenvalue weighted by Crippen LogP contribution is -2.62. The molecule has 0 radical (unpaired) electrons. The number of amides is 2. The lowest BCUT2D eigenvalue weighted by atomic mass is 9.88. The highest BCUT2D eigenvalue weighted by Crippen LogP contribution is 2.41. The number of ether oxygens (including phenoxy) is 2. The zero-order chi connectivity index (χ0) is 27.7. The first kappa shape index (κ1) is 27.9. The Labute approximate surface area is 226 Å². The Kier molecular flexibility index (Phi) is 7.99. The second kappa shape index (κ2) is 10.9. The van der Waals surface area contributed by atoms with E-state index in [9.17, 15) is 9.59 Å². The van der Waals surface area contributed by atoms with Crippen LogP contribution >= 0.6 is 0 Å². The molecule has 2 amide bonds. The zero-order valence-corrected chi connectivity index (χ0v) is 23.7. The summed E-state index contributed by atoms with van der Waals surface area (Å²) in [5.41, 5.74) is 2.10. The molecule has 2 aromatic rings. The van der Waals surface area contributed by atoms with Gasteiger partial charge >= 0.3 is 6.09 Å².